The Morgan fingerprint density at radius 1 is 1.06 bits per heavy atom. The van der Waals surface area contributed by atoms with E-state index in [-0.39, 0.29) is 42.6 Å². The van der Waals surface area contributed by atoms with Crippen LogP contribution in [-0.4, -0.2) is 67.8 Å². The fourth-order valence-electron chi connectivity index (χ4n) is 4.52. The van der Waals surface area contributed by atoms with E-state index in [1.165, 1.54) is 11.1 Å². The van der Waals surface area contributed by atoms with Gasteiger partial charge in [0.05, 0.1) is 12.8 Å². The molecule has 1 aliphatic heterocycles. The number of nitrogens with one attached hydrogen (secondary N) is 1. The molecule has 0 bridgehead atoms. The minimum absolute atomic E-state index is 0. The molecule has 36 heavy (non-hydrogen) atoms. The van der Waals surface area contributed by atoms with Crippen LogP contribution in [0, 0.1) is 5.92 Å². The fraction of sp³-hybridized carbons (Fsp3) is 0.444. The van der Waals surface area contributed by atoms with E-state index in [9.17, 15) is 9.59 Å². The first-order valence-corrected chi connectivity index (χ1v) is 12.2. The number of benzene rings is 2. The number of anilines is 1. The van der Waals surface area contributed by atoms with Crippen molar-refractivity contribution in [3.8, 4) is 0 Å². The van der Waals surface area contributed by atoms with Gasteiger partial charge in [-0.2, -0.15) is 5.10 Å². The molecule has 9 heteroatoms. The average molecular weight is 536 g/mol. The number of amides is 1. The van der Waals surface area contributed by atoms with Crippen molar-refractivity contribution < 1.29 is 14.3 Å². The highest BCUT2D eigenvalue weighted by Crippen LogP contribution is 2.30. The first kappa shape index (κ1) is 29.6. The van der Waals surface area contributed by atoms with Crippen LogP contribution in [0.15, 0.2) is 47.6 Å². The van der Waals surface area contributed by atoms with Gasteiger partial charge in [0.1, 0.15) is 0 Å². The third-order valence-corrected chi connectivity index (χ3v) is 6.58. The Bertz CT molecular complexity index is 1040. The molecule has 1 atom stereocenters. The van der Waals surface area contributed by atoms with Crippen LogP contribution in [0.2, 0.25) is 0 Å². The zero-order chi connectivity index (χ0) is 23.9. The van der Waals surface area contributed by atoms with Crippen LogP contribution >= 0.6 is 24.8 Å². The Kier molecular flexibility index (Phi) is 11.7. The number of hydrogen-bond acceptors (Lipinski definition) is 6. The minimum Gasteiger partial charge on any atom is -0.466 e. The largest absolute Gasteiger partial charge is 0.466 e. The molecule has 196 valence electrons. The molecule has 1 N–H and O–H groups in total. The van der Waals surface area contributed by atoms with E-state index < -0.39 is 0 Å². The first-order chi connectivity index (χ1) is 16.5. The fourth-order valence-corrected chi connectivity index (χ4v) is 4.52. The van der Waals surface area contributed by atoms with E-state index in [0.29, 0.717) is 18.6 Å². The van der Waals surface area contributed by atoms with E-state index in [1.54, 1.807) is 0 Å². The predicted molar refractivity (Wildman–Crippen MR) is 149 cm³/mol. The van der Waals surface area contributed by atoms with E-state index >= 15 is 0 Å². The number of aryl methyl sites for hydroxylation is 1. The summed E-state index contributed by atoms with van der Waals surface area (Å²) < 4.78 is 5.11. The lowest BCUT2D eigenvalue weighted by atomic mass is 9.82. The number of nitrogens with zero attached hydrogens (tertiary/aromatic N) is 3. The van der Waals surface area contributed by atoms with Crippen LogP contribution in [0.5, 0.6) is 0 Å². The second-order valence-corrected chi connectivity index (χ2v) is 9.18. The van der Waals surface area contributed by atoms with Crippen molar-refractivity contribution in [3.05, 3.63) is 64.7 Å². The summed E-state index contributed by atoms with van der Waals surface area (Å²) in [5.74, 6) is 0.0244. The summed E-state index contributed by atoms with van der Waals surface area (Å²) in [5.41, 5.74) is 4.85. The van der Waals surface area contributed by atoms with Crippen LogP contribution in [0.1, 0.15) is 46.8 Å². The number of carbonyl (C=O) groups is 2. The molecule has 7 nitrogen and oxygen atoms in total. The van der Waals surface area contributed by atoms with Crippen molar-refractivity contribution in [2.45, 2.75) is 32.6 Å². The number of fused-ring (bicyclic) bond motifs is 1. The number of esters is 1. The predicted octanol–water partition coefficient (Wildman–Crippen LogP) is 4.42. The standard InChI is InChI=1S/C27H34N4O3.2ClH/c1-3-34-26(32)17-21-6-7-22-10-11-25(18-24(22)16-21)29-27(33)23-8-4-20(5-9-23)19-28-31-14-12-30(2)13-15-31;;/h4-5,8-11,18-19,21H,3,6-7,12-17H2,1-2H3,(H,29,33);2*1H/b28-19+;;. The van der Waals surface area contributed by atoms with Gasteiger partial charge in [-0.3, -0.25) is 14.6 Å². The van der Waals surface area contributed by atoms with E-state index in [1.807, 2.05) is 49.5 Å². The molecule has 2 aliphatic rings. The minimum atomic E-state index is -0.138. The number of piperazine rings is 1. The van der Waals surface area contributed by atoms with Crippen molar-refractivity contribution in [2.24, 2.45) is 11.0 Å². The second kappa shape index (κ2) is 14.2. The topological polar surface area (TPSA) is 74.2 Å². The molecular formula is C27H36Cl2N4O3. The molecule has 0 aromatic heterocycles. The third-order valence-electron chi connectivity index (χ3n) is 6.58. The van der Waals surface area contributed by atoms with E-state index in [0.717, 1.165) is 56.7 Å². The number of halogens is 2. The normalized spacial score (nSPS) is 17.5. The molecule has 0 radical (unpaired) electrons. The van der Waals surface area contributed by atoms with Crippen molar-refractivity contribution in [1.82, 2.24) is 9.91 Å². The molecule has 4 rings (SSSR count). The van der Waals surface area contributed by atoms with Gasteiger partial charge < -0.3 is 15.0 Å². The maximum atomic E-state index is 12.8. The summed E-state index contributed by atoms with van der Waals surface area (Å²) >= 11 is 0. The molecule has 1 heterocycles. The summed E-state index contributed by atoms with van der Waals surface area (Å²) in [6.07, 6.45) is 5.07. The van der Waals surface area contributed by atoms with Crippen molar-refractivity contribution >= 4 is 48.6 Å². The Hall–Kier alpha value is -2.61. The molecule has 1 saturated heterocycles. The molecule has 1 amide bonds. The Balaban J connectivity index is 0.00000228. The van der Waals surface area contributed by atoms with Gasteiger partial charge in [-0.15, -0.1) is 24.8 Å². The molecule has 2 aromatic rings. The summed E-state index contributed by atoms with van der Waals surface area (Å²) in [5, 5.41) is 9.65. The van der Waals surface area contributed by atoms with Crippen LogP contribution in [0.4, 0.5) is 5.69 Å². The monoisotopic (exact) mass is 534 g/mol. The molecule has 1 unspecified atom stereocenters. The molecular weight excluding hydrogens is 499 g/mol. The highest BCUT2D eigenvalue weighted by atomic mass is 35.5. The average Bonchev–Trinajstić information content (AvgIpc) is 2.84. The lowest BCUT2D eigenvalue weighted by molar-refractivity contribution is -0.144. The lowest BCUT2D eigenvalue weighted by Gasteiger charge is -2.30. The van der Waals surface area contributed by atoms with Crippen LogP contribution in [0.3, 0.4) is 0 Å². The number of rotatable bonds is 7. The van der Waals surface area contributed by atoms with Gasteiger partial charge in [0.15, 0.2) is 0 Å². The smallest absolute Gasteiger partial charge is 0.306 e. The number of hydrogen-bond donors (Lipinski definition) is 1. The molecule has 1 aliphatic carbocycles. The number of ether oxygens (including phenoxy) is 1. The Morgan fingerprint density at radius 2 is 1.78 bits per heavy atom. The van der Waals surface area contributed by atoms with Crippen molar-refractivity contribution in [2.75, 3.05) is 45.2 Å². The highest BCUT2D eigenvalue weighted by molar-refractivity contribution is 6.04. The molecule has 0 spiro atoms. The highest BCUT2D eigenvalue weighted by Gasteiger charge is 2.22. The summed E-state index contributed by atoms with van der Waals surface area (Å²) in [6.45, 7) is 6.15. The van der Waals surface area contributed by atoms with Gasteiger partial charge in [-0.05, 0) is 80.1 Å². The summed E-state index contributed by atoms with van der Waals surface area (Å²) in [4.78, 5) is 26.9. The van der Waals surface area contributed by atoms with E-state index in [2.05, 4.69) is 33.4 Å². The van der Waals surface area contributed by atoms with Crippen LogP contribution in [0.25, 0.3) is 0 Å². The SMILES string of the molecule is CCOC(=O)CC1CCc2ccc(NC(=O)c3ccc(/C=N/N4CCN(C)CC4)cc3)cc2C1.Cl.Cl. The van der Waals surface area contributed by atoms with Gasteiger partial charge in [0, 0.05) is 43.9 Å². The van der Waals surface area contributed by atoms with Gasteiger partial charge in [0.25, 0.3) is 5.91 Å². The zero-order valence-electron chi connectivity index (χ0n) is 20.9. The lowest BCUT2D eigenvalue weighted by Crippen LogP contribution is -2.41. The number of hydrazone groups is 1. The van der Waals surface area contributed by atoms with Crippen LogP contribution < -0.4 is 5.32 Å². The van der Waals surface area contributed by atoms with Crippen molar-refractivity contribution in [1.29, 1.82) is 0 Å². The zero-order valence-corrected chi connectivity index (χ0v) is 22.6. The Morgan fingerprint density at radius 3 is 2.47 bits per heavy atom. The summed E-state index contributed by atoms with van der Waals surface area (Å²) in [7, 11) is 2.12. The Labute approximate surface area is 226 Å². The number of carbonyl (C=O) groups excluding carboxylic acids is 2. The second-order valence-electron chi connectivity index (χ2n) is 9.18. The van der Waals surface area contributed by atoms with Crippen molar-refractivity contribution in [3.63, 3.8) is 0 Å². The maximum absolute atomic E-state index is 12.8. The molecule has 2 aromatic carbocycles. The van der Waals surface area contributed by atoms with Gasteiger partial charge in [0.2, 0.25) is 0 Å². The van der Waals surface area contributed by atoms with Crippen LogP contribution in [-0.2, 0) is 22.4 Å². The first-order valence-electron chi connectivity index (χ1n) is 12.2. The third kappa shape index (κ3) is 8.22. The van der Waals surface area contributed by atoms with Gasteiger partial charge in [-0.1, -0.05) is 18.2 Å². The maximum Gasteiger partial charge on any atom is 0.306 e. The van der Waals surface area contributed by atoms with Gasteiger partial charge >= 0.3 is 5.97 Å². The van der Waals surface area contributed by atoms with Gasteiger partial charge in [-0.25, -0.2) is 0 Å². The molecule has 0 saturated carbocycles. The molecule has 1 fully saturated rings. The number of likely N-dealkylation sites (N-methyl/N-ethyl adjacent to an activating group) is 1. The van der Waals surface area contributed by atoms with E-state index in [4.69, 9.17) is 4.74 Å². The summed E-state index contributed by atoms with van der Waals surface area (Å²) in [6, 6.07) is 13.6. The quantitative estimate of drug-likeness (QED) is 0.420.